The second-order valence-electron chi connectivity index (χ2n) is 5.44. The Morgan fingerprint density at radius 1 is 1.30 bits per heavy atom. The summed E-state index contributed by atoms with van der Waals surface area (Å²) in [6.07, 6.45) is 0. The lowest BCUT2D eigenvalue weighted by Crippen LogP contribution is -2.27. The highest BCUT2D eigenvalue weighted by atomic mass is 32.2. The Bertz CT molecular complexity index is 527. The zero-order chi connectivity index (χ0) is 15.3. The lowest BCUT2D eigenvalue weighted by atomic mass is 9.96. The van der Waals surface area contributed by atoms with Crippen LogP contribution in [0.25, 0.3) is 0 Å². The van der Waals surface area contributed by atoms with Gasteiger partial charge in [-0.2, -0.15) is 0 Å². The molecule has 0 heterocycles. The van der Waals surface area contributed by atoms with Crippen molar-refractivity contribution >= 4 is 15.7 Å². The van der Waals surface area contributed by atoms with Gasteiger partial charge < -0.3 is 11.1 Å². The van der Waals surface area contributed by atoms with E-state index >= 15 is 0 Å². The van der Waals surface area contributed by atoms with Gasteiger partial charge in [0.25, 0.3) is 0 Å². The van der Waals surface area contributed by atoms with Crippen LogP contribution < -0.4 is 11.1 Å². The van der Waals surface area contributed by atoms with Gasteiger partial charge in [-0.3, -0.25) is 0 Å². The van der Waals surface area contributed by atoms with Crippen LogP contribution in [0.2, 0.25) is 0 Å². The Kier molecular flexibility index (Phi) is 5.98. The highest BCUT2D eigenvalue weighted by Gasteiger charge is 2.17. The average molecular weight is 299 g/mol. The van der Waals surface area contributed by atoms with Crippen molar-refractivity contribution in [3.05, 3.63) is 24.3 Å². The standard InChI is InChI=1S/C14H25N3O2S/c1-11(2)12(9-15)10-16-13-6-5-7-14(8-13)20(18,19)17(3)4/h5-8,11-12,16H,9-10,15H2,1-4H3. The normalized spacial score (nSPS) is 13.8. The van der Waals surface area contributed by atoms with Gasteiger partial charge in [0.1, 0.15) is 0 Å². The molecule has 1 unspecified atom stereocenters. The molecule has 1 rings (SSSR count). The first-order chi connectivity index (χ1) is 9.28. The minimum atomic E-state index is -3.39. The van der Waals surface area contributed by atoms with Crippen molar-refractivity contribution in [3.8, 4) is 0 Å². The van der Waals surface area contributed by atoms with Gasteiger partial charge in [-0.25, -0.2) is 12.7 Å². The van der Waals surface area contributed by atoms with Crippen LogP contribution in [-0.2, 0) is 10.0 Å². The van der Waals surface area contributed by atoms with Crippen LogP contribution in [0.5, 0.6) is 0 Å². The SMILES string of the molecule is CC(C)C(CN)CNc1cccc(S(=O)(=O)N(C)C)c1. The van der Waals surface area contributed by atoms with E-state index in [4.69, 9.17) is 5.73 Å². The number of nitrogens with one attached hydrogen (secondary N) is 1. The molecule has 1 atom stereocenters. The predicted molar refractivity (Wildman–Crippen MR) is 83.2 cm³/mol. The summed E-state index contributed by atoms with van der Waals surface area (Å²) in [4.78, 5) is 0.293. The Labute approximate surface area is 122 Å². The van der Waals surface area contributed by atoms with E-state index in [-0.39, 0.29) is 0 Å². The maximum Gasteiger partial charge on any atom is 0.242 e. The summed E-state index contributed by atoms with van der Waals surface area (Å²) in [6, 6.07) is 6.86. The molecule has 20 heavy (non-hydrogen) atoms. The smallest absolute Gasteiger partial charge is 0.242 e. The third-order valence-corrected chi connectivity index (χ3v) is 5.24. The van der Waals surface area contributed by atoms with Gasteiger partial charge in [-0.1, -0.05) is 19.9 Å². The number of hydrogen-bond acceptors (Lipinski definition) is 4. The second-order valence-corrected chi connectivity index (χ2v) is 7.59. The molecule has 5 nitrogen and oxygen atoms in total. The first kappa shape index (κ1) is 16.9. The van der Waals surface area contributed by atoms with Crippen LogP contribution in [-0.4, -0.2) is 39.9 Å². The van der Waals surface area contributed by atoms with Crippen molar-refractivity contribution in [3.63, 3.8) is 0 Å². The molecule has 0 aliphatic carbocycles. The number of hydrogen-bond donors (Lipinski definition) is 2. The van der Waals surface area contributed by atoms with Gasteiger partial charge in [0.05, 0.1) is 4.90 Å². The Balaban J connectivity index is 2.85. The number of rotatable bonds is 7. The minimum absolute atomic E-state index is 0.293. The molecule has 0 saturated carbocycles. The van der Waals surface area contributed by atoms with E-state index in [1.54, 1.807) is 18.2 Å². The van der Waals surface area contributed by atoms with E-state index in [9.17, 15) is 8.42 Å². The Morgan fingerprint density at radius 2 is 1.95 bits per heavy atom. The van der Waals surface area contributed by atoms with E-state index in [1.807, 2.05) is 6.07 Å². The lowest BCUT2D eigenvalue weighted by molar-refractivity contribution is 0.413. The minimum Gasteiger partial charge on any atom is -0.385 e. The molecule has 0 aliphatic heterocycles. The van der Waals surface area contributed by atoms with Gasteiger partial charge in [0.15, 0.2) is 0 Å². The number of nitrogens with zero attached hydrogens (tertiary/aromatic N) is 1. The van der Waals surface area contributed by atoms with Gasteiger partial charge in [0, 0.05) is 26.3 Å². The maximum absolute atomic E-state index is 12.1. The van der Waals surface area contributed by atoms with Gasteiger partial charge in [0.2, 0.25) is 10.0 Å². The predicted octanol–water partition coefficient (Wildman–Crippen LogP) is 1.58. The molecular formula is C14H25N3O2S. The molecule has 0 radical (unpaired) electrons. The summed E-state index contributed by atoms with van der Waals surface area (Å²) in [6.45, 7) is 5.61. The summed E-state index contributed by atoms with van der Waals surface area (Å²) in [7, 11) is -0.338. The van der Waals surface area contributed by atoms with Crippen molar-refractivity contribution in [2.24, 2.45) is 17.6 Å². The highest BCUT2D eigenvalue weighted by molar-refractivity contribution is 7.89. The van der Waals surface area contributed by atoms with Gasteiger partial charge >= 0.3 is 0 Å². The van der Waals surface area contributed by atoms with Crippen LogP contribution in [0.15, 0.2) is 29.2 Å². The summed E-state index contributed by atoms with van der Waals surface area (Å²) < 4.78 is 25.3. The molecule has 0 fully saturated rings. The van der Waals surface area contributed by atoms with E-state index in [0.29, 0.717) is 23.3 Å². The third kappa shape index (κ3) is 4.19. The van der Waals surface area contributed by atoms with Crippen molar-refractivity contribution in [2.75, 3.05) is 32.5 Å². The summed E-state index contributed by atoms with van der Waals surface area (Å²) in [5.41, 5.74) is 6.53. The molecule has 0 amide bonds. The Hall–Kier alpha value is -1.11. The highest BCUT2D eigenvalue weighted by Crippen LogP contribution is 2.19. The number of benzene rings is 1. The topological polar surface area (TPSA) is 75.4 Å². The molecule has 0 spiro atoms. The fourth-order valence-corrected chi connectivity index (χ4v) is 2.77. The molecule has 6 heteroatoms. The molecule has 3 N–H and O–H groups in total. The molecule has 0 bridgehead atoms. The van der Waals surface area contributed by atoms with Crippen LogP contribution >= 0.6 is 0 Å². The molecule has 0 saturated heterocycles. The lowest BCUT2D eigenvalue weighted by Gasteiger charge is -2.20. The van der Waals surface area contributed by atoms with Crippen molar-refractivity contribution in [2.45, 2.75) is 18.7 Å². The number of sulfonamides is 1. The van der Waals surface area contributed by atoms with E-state index in [1.165, 1.54) is 18.4 Å². The van der Waals surface area contributed by atoms with Gasteiger partial charge in [-0.15, -0.1) is 0 Å². The molecule has 114 valence electrons. The van der Waals surface area contributed by atoms with Crippen LogP contribution in [0.1, 0.15) is 13.8 Å². The average Bonchev–Trinajstić information content (AvgIpc) is 2.39. The van der Waals surface area contributed by atoms with Crippen molar-refractivity contribution in [1.29, 1.82) is 0 Å². The quantitative estimate of drug-likeness (QED) is 0.801. The fourth-order valence-electron chi connectivity index (χ4n) is 1.82. The number of nitrogens with two attached hydrogens (primary N) is 1. The van der Waals surface area contributed by atoms with Gasteiger partial charge in [-0.05, 0) is 36.6 Å². The third-order valence-electron chi connectivity index (χ3n) is 3.43. The van der Waals surface area contributed by atoms with Crippen molar-refractivity contribution in [1.82, 2.24) is 4.31 Å². The molecule has 0 aromatic heterocycles. The molecule has 1 aromatic carbocycles. The number of anilines is 1. The first-order valence-electron chi connectivity index (χ1n) is 6.75. The summed E-state index contributed by atoms with van der Waals surface area (Å²) >= 11 is 0. The largest absolute Gasteiger partial charge is 0.385 e. The van der Waals surface area contributed by atoms with Crippen LogP contribution in [0.3, 0.4) is 0 Å². The van der Waals surface area contributed by atoms with E-state index < -0.39 is 10.0 Å². The zero-order valence-electron chi connectivity index (χ0n) is 12.6. The van der Waals surface area contributed by atoms with E-state index in [0.717, 1.165) is 12.2 Å². The van der Waals surface area contributed by atoms with Crippen LogP contribution in [0, 0.1) is 11.8 Å². The summed E-state index contributed by atoms with van der Waals surface area (Å²) in [5, 5.41) is 3.27. The first-order valence-corrected chi connectivity index (χ1v) is 8.19. The second kappa shape index (κ2) is 7.06. The molecule has 0 aliphatic rings. The Morgan fingerprint density at radius 3 is 2.45 bits per heavy atom. The zero-order valence-corrected chi connectivity index (χ0v) is 13.4. The molecule has 1 aromatic rings. The molecular weight excluding hydrogens is 274 g/mol. The monoisotopic (exact) mass is 299 g/mol. The van der Waals surface area contributed by atoms with E-state index in [2.05, 4.69) is 19.2 Å². The maximum atomic E-state index is 12.1. The fraction of sp³-hybridized carbons (Fsp3) is 0.571. The summed E-state index contributed by atoms with van der Waals surface area (Å²) in [5.74, 6) is 0.852. The van der Waals surface area contributed by atoms with Crippen LogP contribution in [0.4, 0.5) is 5.69 Å². The van der Waals surface area contributed by atoms with Crippen molar-refractivity contribution < 1.29 is 8.42 Å².